The Kier molecular flexibility index (Phi) is 4.36. The van der Waals surface area contributed by atoms with Gasteiger partial charge in [-0.25, -0.2) is 0 Å². The molecule has 0 amide bonds. The van der Waals surface area contributed by atoms with Crippen molar-refractivity contribution in [3.8, 4) is 11.6 Å². The van der Waals surface area contributed by atoms with Crippen LogP contribution in [0.3, 0.4) is 0 Å². The van der Waals surface area contributed by atoms with Crippen LogP contribution in [0, 0.1) is 0 Å². The average molecular weight is 321 g/mol. The highest BCUT2D eigenvalue weighted by atomic mass is 16.3. The van der Waals surface area contributed by atoms with Crippen LogP contribution >= 0.6 is 0 Å². The number of tetrazole rings is 2. The molecule has 0 bridgehead atoms. The van der Waals surface area contributed by atoms with Crippen molar-refractivity contribution in [3.63, 3.8) is 0 Å². The minimum Gasteiger partial charge on any atom is -0.870 e. The molecule has 2 atom stereocenters. The molecule has 3 rings (SSSR count). The van der Waals surface area contributed by atoms with Crippen molar-refractivity contribution in [2.24, 2.45) is 0 Å². The van der Waals surface area contributed by atoms with E-state index in [9.17, 15) is 5.11 Å². The van der Waals surface area contributed by atoms with Crippen molar-refractivity contribution in [3.05, 3.63) is 24.3 Å². The van der Waals surface area contributed by atoms with Crippen molar-refractivity contribution in [1.82, 2.24) is 40.8 Å². The molecule has 0 aromatic carbocycles. The summed E-state index contributed by atoms with van der Waals surface area (Å²) in [6, 6.07) is 0. The van der Waals surface area contributed by atoms with Gasteiger partial charge in [-0.2, -0.15) is 9.90 Å². The van der Waals surface area contributed by atoms with Gasteiger partial charge in [0.15, 0.2) is 5.60 Å². The number of hydrogen-bond donors (Lipinski definition) is 2. The summed E-state index contributed by atoms with van der Waals surface area (Å²) in [5.41, 5.74) is -1.12. The third kappa shape index (κ3) is 3.02. The highest BCUT2D eigenvalue weighted by Crippen LogP contribution is 2.36. The molecule has 2 unspecified atom stereocenters. The highest BCUT2D eigenvalue weighted by Gasteiger charge is 2.47. The van der Waals surface area contributed by atoms with Crippen LogP contribution in [-0.2, 0) is 0 Å². The fraction of sp³-hybridized carbons (Fsp3) is 0.500. The number of nitrogens with one attached hydrogen (secondary N) is 1. The SMILES string of the molecule is C[N+](C)(C)C(n1nnnc1-c1nn[nH]n1)C1(O)C=CC=CC1.[OH-]. The van der Waals surface area contributed by atoms with Crippen molar-refractivity contribution < 1.29 is 15.1 Å². The molecular weight excluding hydrogens is 302 g/mol. The Labute approximate surface area is 132 Å². The van der Waals surface area contributed by atoms with Crippen LogP contribution in [0.4, 0.5) is 0 Å². The summed E-state index contributed by atoms with van der Waals surface area (Å²) in [6.45, 7) is 0. The number of rotatable bonds is 4. The van der Waals surface area contributed by atoms with E-state index in [1.165, 1.54) is 0 Å². The second kappa shape index (κ2) is 5.95. The third-order valence-electron chi connectivity index (χ3n) is 3.53. The molecule has 23 heavy (non-hydrogen) atoms. The fourth-order valence-electron chi connectivity index (χ4n) is 2.79. The highest BCUT2D eigenvalue weighted by molar-refractivity contribution is 5.40. The molecule has 0 saturated heterocycles. The van der Waals surface area contributed by atoms with E-state index in [4.69, 9.17) is 0 Å². The van der Waals surface area contributed by atoms with E-state index in [-0.39, 0.29) is 11.3 Å². The second-order valence-electron chi connectivity index (χ2n) is 6.15. The lowest BCUT2D eigenvalue weighted by Gasteiger charge is -2.42. The summed E-state index contributed by atoms with van der Waals surface area (Å²) in [4.78, 5) is 0. The molecule has 11 heteroatoms. The number of allylic oxidation sites excluding steroid dienone is 2. The van der Waals surface area contributed by atoms with Crippen LogP contribution in [-0.4, -0.2) is 82.6 Å². The Morgan fingerprint density at radius 1 is 1.30 bits per heavy atom. The van der Waals surface area contributed by atoms with E-state index in [0.717, 1.165) is 0 Å². The predicted octanol–water partition coefficient (Wildman–Crippen LogP) is -0.872. The van der Waals surface area contributed by atoms with Gasteiger partial charge in [0.25, 0.3) is 0 Å². The molecule has 0 spiro atoms. The van der Waals surface area contributed by atoms with E-state index >= 15 is 0 Å². The second-order valence-corrected chi connectivity index (χ2v) is 6.15. The molecule has 2 heterocycles. The molecule has 1 aliphatic carbocycles. The standard InChI is InChI=1S/C12H18N9O.H2O/c1-21(2,3)11(12(22)7-5-4-6-8-12)20-10(15-18-19-20)9-13-16-17-14-9;/h4-7,11,22H,8H2,1-3H3,(H,13,14,16,17);1H2/q+1;/p-1. The monoisotopic (exact) mass is 321 g/mol. The third-order valence-corrected chi connectivity index (χ3v) is 3.53. The predicted molar refractivity (Wildman–Crippen MR) is 77.8 cm³/mol. The van der Waals surface area contributed by atoms with E-state index < -0.39 is 11.8 Å². The van der Waals surface area contributed by atoms with Gasteiger partial charge >= 0.3 is 0 Å². The van der Waals surface area contributed by atoms with E-state index in [2.05, 4.69) is 36.1 Å². The van der Waals surface area contributed by atoms with Gasteiger partial charge in [0.1, 0.15) is 0 Å². The van der Waals surface area contributed by atoms with Crippen LogP contribution < -0.4 is 0 Å². The fourth-order valence-corrected chi connectivity index (χ4v) is 2.79. The lowest BCUT2D eigenvalue weighted by atomic mass is 9.90. The van der Waals surface area contributed by atoms with Crippen LogP contribution in [0.5, 0.6) is 0 Å². The molecule has 0 aliphatic heterocycles. The van der Waals surface area contributed by atoms with Gasteiger partial charge in [0.05, 0.1) is 21.1 Å². The number of quaternary nitrogens is 1. The van der Waals surface area contributed by atoms with Crippen LogP contribution in [0.15, 0.2) is 24.3 Å². The van der Waals surface area contributed by atoms with Crippen LogP contribution in [0.25, 0.3) is 11.6 Å². The molecule has 1 aliphatic rings. The Hall–Kier alpha value is -2.50. The number of likely N-dealkylation sites (N-methyl/N-ethyl adjacent to an activating group) is 1. The molecule has 3 N–H and O–H groups in total. The Morgan fingerprint density at radius 2 is 2.09 bits per heavy atom. The topological polar surface area (TPSA) is 148 Å². The molecule has 124 valence electrons. The number of aromatic nitrogens is 8. The Bertz CT molecular complexity index is 700. The zero-order valence-corrected chi connectivity index (χ0v) is 13.1. The number of aliphatic hydroxyl groups is 1. The quantitative estimate of drug-likeness (QED) is 0.690. The van der Waals surface area contributed by atoms with Gasteiger partial charge in [0.2, 0.25) is 17.8 Å². The number of nitrogens with zero attached hydrogens (tertiary/aromatic N) is 8. The molecule has 2 aromatic heterocycles. The largest absolute Gasteiger partial charge is 0.870 e. The number of aromatic amines is 1. The summed E-state index contributed by atoms with van der Waals surface area (Å²) >= 11 is 0. The number of hydrogen-bond acceptors (Lipinski definition) is 8. The van der Waals surface area contributed by atoms with Gasteiger partial charge in [0, 0.05) is 6.42 Å². The van der Waals surface area contributed by atoms with Crippen LogP contribution in [0.2, 0.25) is 0 Å². The van der Waals surface area contributed by atoms with Gasteiger partial charge < -0.3 is 15.1 Å². The van der Waals surface area contributed by atoms with Crippen molar-refractivity contribution in [2.75, 3.05) is 21.1 Å². The first-order chi connectivity index (χ1) is 10.4. The summed E-state index contributed by atoms with van der Waals surface area (Å²) in [6.07, 6.45) is 7.42. The maximum absolute atomic E-state index is 11.1. The lowest BCUT2D eigenvalue weighted by molar-refractivity contribution is -0.920. The molecule has 0 radical (unpaired) electrons. The van der Waals surface area contributed by atoms with E-state index in [1.54, 1.807) is 10.8 Å². The van der Waals surface area contributed by atoms with Gasteiger partial charge in [-0.05, 0) is 21.7 Å². The summed E-state index contributed by atoms with van der Waals surface area (Å²) in [7, 11) is 5.91. The number of H-pyrrole nitrogens is 1. The first-order valence-corrected chi connectivity index (χ1v) is 6.81. The maximum Gasteiger partial charge on any atom is 0.243 e. The molecule has 0 saturated carbocycles. The zero-order valence-electron chi connectivity index (χ0n) is 13.1. The van der Waals surface area contributed by atoms with Gasteiger partial charge in [-0.1, -0.05) is 18.2 Å². The first kappa shape index (κ1) is 16.9. The molecule has 0 fully saturated rings. The smallest absolute Gasteiger partial charge is 0.243 e. The Morgan fingerprint density at radius 3 is 2.65 bits per heavy atom. The van der Waals surface area contributed by atoms with Gasteiger partial charge in [-0.3, -0.25) is 0 Å². The van der Waals surface area contributed by atoms with Crippen LogP contribution in [0.1, 0.15) is 12.6 Å². The van der Waals surface area contributed by atoms with Gasteiger partial charge in [-0.15, -0.1) is 15.3 Å². The maximum atomic E-state index is 11.1. The van der Waals surface area contributed by atoms with Crippen molar-refractivity contribution in [2.45, 2.75) is 18.2 Å². The van der Waals surface area contributed by atoms with E-state index in [1.807, 2.05) is 39.4 Å². The van der Waals surface area contributed by atoms with Crippen molar-refractivity contribution in [1.29, 1.82) is 0 Å². The summed E-state index contributed by atoms with van der Waals surface area (Å²) < 4.78 is 1.96. The molecule has 2 aromatic rings. The normalized spacial score (nSPS) is 21.9. The summed E-state index contributed by atoms with van der Waals surface area (Å²) in [5.74, 6) is 0.630. The molecule has 11 nitrogen and oxygen atoms in total. The zero-order chi connectivity index (χ0) is 15.8. The average Bonchev–Trinajstić information content (AvgIpc) is 3.07. The minimum atomic E-state index is -1.12. The molecular formula is C12H19N9O2. The minimum absolute atomic E-state index is 0. The summed E-state index contributed by atoms with van der Waals surface area (Å²) in [5, 5.41) is 36.6. The lowest BCUT2D eigenvalue weighted by Crippen LogP contribution is -2.55. The first-order valence-electron chi connectivity index (χ1n) is 6.81. The van der Waals surface area contributed by atoms with E-state index in [0.29, 0.717) is 16.7 Å². The van der Waals surface area contributed by atoms with Crippen molar-refractivity contribution >= 4 is 0 Å². The Balaban J connectivity index is 0.00000192.